The number of nitrogens with two attached hydrogens (primary N) is 1. The van der Waals surface area contributed by atoms with Crippen LogP contribution in [0.15, 0.2) is 46.9 Å². The van der Waals surface area contributed by atoms with Crippen molar-refractivity contribution in [3.05, 3.63) is 58.1 Å². The van der Waals surface area contributed by atoms with E-state index in [0.29, 0.717) is 6.54 Å². The van der Waals surface area contributed by atoms with Crippen LogP contribution >= 0.6 is 15.9 Å². The van der Waals surface area contributed by atoms with Gasteiger partial charge in [0.2, 0.25) is 0 Å². The number of benzene rings is 2. The molecule has 2 nitrogen and oxygen atoms in total. The van der Waals surface area contributed by atoms with Gasteiger partial charge in [0.1, 0.15) is 0 Å². The molecule has 0 saturated heterocycles. The molecule has 3 N–H and O–H groups in total. The van der Waals surface area contributed by atoms with E-state index in [4.69, 9.17) is 10.8 Å². The molecule has 0 heterocycles. The number of halogens is 1. The van der Waals surface area contributed by atoms with Gasteiger partial charge >= 0.3 is 0 Å². The minimum atomic E-state index is 0.0411. The summed E-state index contributed by atoms with van der Waals surface area (Å²) in [4.78, 5) is 0. The van der Waals surface area contributed by atoms with Gasteiger partial charge in [-0.25, -0.2) is 0 Å². The van der Waals surface area contributed by atoms with Crippen LogP contribution in [0.1, 0.15) is 11.1 Å². The summed E-state index contributed by atoms with van der Waals surface area (Å²) in [6.45, 7) is 0.564. The lowest BCUT2D eigenvalue weighted by atomic mass is 9.99. The second-order valence-electron chi connectivity index (χ2n) is 3.83. The minimum Gasteiger partial charge on any atom is -0.392 e. The van der Waals surface area contributed by atoms with Crippen LogP contribution in [0.4, 0.5) is 0 Å². The van der Waals surface area contributed by atoms with E-state index >= 15 is 0 Å². The Morgan fingerprint density at radius 1 is 1.06 bits per heavy atom. The topological polar surface area (TPSA) is 46.2 Å². The number of hydrogen-bond acceptors (Lipinski definition) is 2. The van der Waals surface area contributed by atoms with Crippen LogP contribution < -0.4 is 5.73 Å². The van der Waals surface area contributed by atoms with Crippen LogP contribution in [0, 0.1) is 0 Å². The average Bonchev–Trinajstić information content (AvgIpc) is 2.38. The normalized spacial score (nSPS) is 10.5. The van der Waals surface area contributed by atoms with Crippen molar-refractivity contribution in [2.75, 3.05) is 0 Å². The number of aliphatic hydroxyl groups is 1. The van der Waals surface area contributed by atoms with E-state index in [2.05, 4.69) is 22.0 Å². The van der Waals surface area contributed by atoms with E-state index in [1.165, 1.54) is 0 Å². The quantitative estimate of drug-likeness (QED) is 0.913. The molecule has 88 valence electrons. The standard InChI is InChI=1S/C14H14BrNO/c15-14-7-10(5-6-12(14)9-17)13-4-2-1-3-11(13)8-16/h1-7,17H,8-9,16H2. The van der Waals surface area contributed by atoms with Crippen molar-refractivity contribution < 1.29 is 5.11 Å². The highest BCUT2D eigenvalue weighted by Crippen LogP contribution is 2.28. The zero-order valence-corrected chi connectivity index (χ0v) is 10.9. The van der Waals surface area contributed by atoms with Gasteiger partial charge in [0, 0.05) is 11.0 Å². The molecule has 0 aliphatic rings. The predicted molar refractivity (Wildman–Crippen MR) is 73.4 cm³/mol. The highest BCUT2D eigenvalue weighted by molar-refractivity contribution is 9.10. The zero-order valence-electron chi connectivity index (χ0n) is 9.36. The molecule has 0 aliphatic carbocycles. The van der Waals surface area contributed by atoms with E-state index in [1.54, 1.807) is 0 Å². The predicted octanol–water partition coefficient (Wildman–Crippen LogP) is 3.07. The molecule has 0 aromatic heterocycles. The van der Waals surface area contributed by atoms with Gasteiger partial charge in [-0.15, -0.1) is 0 Å². The SMILES string of the molecule is NCc1ccccc1-c1ccc(CO)c(Br)c1. The number of rotatable bonds is 3. The van der Waals surface area contributed by atoms with E-state index < -0.39 is 0 Å². The minimum absolute atomic E-state index is 0.0411. The average molecular weight is 292 g/mol. The summed E-state index contributed by atoms with van der Waals surface area (Å²) in [6, 6.07) is 14.0. The van der Waals surface area contributed by atoms with Crippen LogP contribution in [0.25, 0.3) is 11.1 Å². The van der Waals surface area contributed by atoms with Gasteiger partial charge in [-0.05, 0) is 28.3 Å². The molecule has 0 unspecified atom stereocenters. The third-order valence-electron chi connectivity index (χ3n) is 2.77. The van der Waals surface area contributed by atoms with Crippen LogP contribution in [0.2, 0.25) is 0 Å². The molecule has 3 heteroatoms. The number of hydrogen-bond donors (Lipinski definition) is 2. The van der Waals surface area contributed by atoms with Crippen molar-refractivity contribution in [1.82, 2.24) is 0 Å². The Balaban J connectivity index is 2.49. The molecule has 2 aromatic rings. The molecule has 0 bridgehead atoms. The van der Waals surface area contributed by atoms with Crippen LogP contribution in [-0.2, 0) is 13.2 Å². The summed E-state index contributed by atoms with van der Waals surface area (Å²) in [5.74, 6) is 0. The summed E-state index contributed by atoms with van der Waals surface area (Å²) < 4.78 is 0.921. The van der Waals surface area contributed by atoms with Gasteiger partial charge in [0.05, 0.1) is 6.61 Å². The van der Waals surface area contributed by atoms with Gasteiger partial charge in [0.15, 0.2) is 0 Å². The maximum absolute atomic E-state index is 9.13. The van der Waals surface area contributed by atoms with E-state index in [1.807, 2.05) is 36.4 Å². The fourth-order valence-corrected chi connectivity index (χ4v) is 2.33. The first kappa shape index (κ1) is 12.3. The molecule has 2 aromatic carbocycles. The zero-order chi connectivity index (χ0) is 12.3. The van der Waals surface area contributed by atoms with Crippen molar-refractivity contribution in [3.8, 4) is 11.1 Å². The summed E-state index contributed by atoms with van der Waals surface area (Å²) in [5, 5.41) is 9.13. The fourth-order valence-electron chi connectivity index (χ4n) is 1.82. The second kappa shape index (κ2) is 5.45. The van der Waals surface area contributed by atoms with E-state index in [-0.39, 0.29) is 6.61 Å². The molecular weight excluding hydrogens is 278 g/mol. The van der Waals surface area contributed by atoms with Crippen LogP contribution in [0.3, 0.4) is 0 Å². The Morgan fingerprint density at radius 2 is 1.82 bits per heavy atom. The molecule has 2 rings (SSSR count). The molecule has 0 aliphatic heterocycles. The van der Waals surface area contributed by atoms with Crippen molar-refractivity contribution in [2.45, 2.75) is 13.2 Å². The monoisotopic (exact) mass is 291 g/mol. The summed E-state index contributed by atoms with van der Waals surface area (Å²) >= 11 is 3.46. The first-order chi connectivity index (χ1) is 8.26. The third kappa shape index (κ3) is 2.57. The highest BCUT2D eigenvalue weighted by Gasteiger charge is 2.05. The van der Waals surface area contributed by atoms with Gasteiger partial charge in [-0.3, -0.25) is 0 Å². The summed E-state index contributed by atoms with van der Waals surface area (Å²) in [7, 11) is 0. The van der Waals surface area contributed by atoms with Gasteiger partial charge in [-0.2, -0.15) is 0 Å². The summed E-state index contributed by atoms with van der Waals surface area (Å²) in [6.07, 6.45) is 0. The largest absolute Gasteiger partial charge is 0.392 e. The smallest absolute Gasteiger partial charge is 0.0692 e. The van der Waals surface area contributed by atoms with Gasteiger partial charge in [0.25, 0.3) is 0 Å². The fraction of sp³-hybridized carbons (Fsp3) is 0.143. The lowest BCUT2D eigenvalue weighted by molar-refractivity contribution is 0.281. The lowest BCUT2D eigenvalue weighted by Gasteiger charge is -2.09. The molecule has 0 amide bonds. The Hall–Kier alpha value is -1.16. The van der Waals surface area contributed by atoms with Crippen molar-refractivity contribution in [1.29, 1.82) is 0 Å². The highest BCUT2D eigenvalue weighted by atomic mass is 79.9. The Morgan fingerprint density at radius 3 is 2.47 bits per heavy atom. The second-order valence-corrected chi connectivity index (χ2v) is 4.68. The first-order valence-electron chi connectivity index (χ1n) is 5.44. The molecule has 0 atom stereocenters. The van der Waals surface area contributed by atoms with Gasteiger partial charge in [-0.1, -0.05) is 52.3 Å². The molecular formula is C14H14BrNO. The third-order valence-corrected chi connectivity index (χ3v) is 3.51. The summed E-state index contributed by atoms with van der Waals surface area (Å²) in [5.41, 5.74) is 9.99. The van der Waals surface area contributed by atoms with Crippen LogP contribution in [-0.4, -0.2) is 5.11 Å². The first-order valence-corrected chi connectivity index (χ1v) is 6.23. The van der Waals surface area contributed by atoms with Crippen LogP contribution in [0.5, 0.6) is 0 Å². The molecule has 0 fully saturated rings. The molecule has 17 heavy (non-hydrogen) atoms. The van der Waals surface area contributed by atoms with Gasteiger partial charge < -0.3 is 10.8 Å². The van der Waals surface area contributed by atoms with Crippen molar-refractivity contribution in [3.63, 3.8) is 0 Å². The van der Waals surface area contributed by atoms with Crippen molar-refractivity contribution >= 4 is 15.9 Å². The molecule has 0 radical (unpaired) electrons. The Bertz CT molecular complexity index is 525. The van der Waals surface area contributed by atoms with E-state index in [9.17, 15) is 0 Å². The maximum Gasteiger partial charge on any atom is 0.0692 e. The Kier molecular flexibility index (Phi) is 3.94. The van der Waals surface area contributed by atoms with E-state index in [0.717, 1.165) is 26.7 Å². The molecule has 0 saturated carbocycles. The lowest BCUT2D eigenvalue weighted by Crippen LogP contribution is -1.98. The Labute approximate surface area is 109 Å². The number of aliphatic hydroxyl groups excluding tert-OH is 1. The van der Waals surface area contributed by atoms with Crippen molar-refractivity contribution in [2.24, 2.45) is 5.73 Å². The molecule has 0 spiro atoms. The maximum atomic E-state index is 9.13.